The van der Waals surface area contributed by atoms with Crippen LogP contribution in [0.4, 0.5) is 0 Å². The Labute approximate surface area is 92.9 Å². The SMILES string of the molecule is CCCNCC(C)n1ccnc1CCC. The predicted octanol–water partition coefficient (Wildman–Crippen LogP) is 2.40. The van der Waals surface area contributed by atoms with E-state index in [4.69, 9.17) is 0 Å². The number of imidazole rings is 1. The van der Waals surface area contributed by atoms with Gasteiger partial charge in [-0.15, -0.1) is 0 Å². The molecule has 1 aromatic heterocycles. The molecule has 0 saturated heterocycles. The van der Waals surface area contributed by atoms with Crippen LogP contribution < -0.4 is 5.32 Å². The lowest BCUT2D eigenvalue weighted by molar-refractivity contribution is 0.477. The van der Waals surface area contributed by atoms with Crippen LogP contribution in [0.15, 0.2) is 12.4 Å². The lowest BCUT2D eigenvalue weighted by Crippen LogP contribution is -2.24. The standard InChI is InChI=1S/C12H23N3/c1-4-6-12-14-8-9-15(12)11(3)10-13-7-5-2/h8-9,11,13H,4-7,10H2,1-3H3. The first-order valence-electron chi connectivity index (χ1n) is 6.02. The van der Waals surface area contributed by atoms with Crippen molar-refractivity contribution in [3.05, 3.63) is 18.2 Å². The number of nitrogens with zero attached hydrogens (tertiary/aromatic N) is 2. The van der Waals surface area contributed by atoms with Gasteiger partial charge in [0.2, 0.25) is 0 Å². The van der Waals surface area contributed by atoms with Gasteiger partial charge in [-0.05, 0) is 26.3 Å². The highest BCUT2D eigenvalue weighted by Gasteiger charge is 2.08. The average molecular weight is 209 g/mol. The molecule has 1 rings (SSSR count). The van der Waals surface area contributed by atoms with Crippen molar-refractivity contribution in [2.75, 3.05) is 13.1 Å². The molecule has 1 atom stereocenters. The Hall–Kier alpha value is -0.830. The molecule has 1 N–H and O–H groups in total. The zero-order valence-corrected chi connectivity index (χ0v) is 10.2. The van der Waals surface area contributed by atoms with Crippen molar-refractivity contribution in [1.82, 2.24) is 14.9 Å². The van der Waals surface area contributed by atoms with E-state index in [0.29, 0.717) is 6.04 Å². The number of hydrogen-bond acceptors (Lipinski definition) is 2. The minimum Gasteiger partial charge on any atom is -0.331 e. The summed E-state index contributed by atoms with van der Waals surface area (Å²) in [4.78, 5) is 4.39. The van der Waals surface area contributed by atoms with Crippen LogP contribution in [0.5, 0.6) is 0 Å². The van der Waals surface area contributed by atoms with E-state index in [1.165, 1.54) is 12.2 Å². The maximum atomic E-state index is 4.39. The fourth-order valence-electron chi connectivity index (χ4n) is 1.75. The van der Waals surface area contributed by atoms with Crippen molar-refractivity contribution in [3.8, 4) is 0 Å². The monoisotopic (exact) mass is 209 g/mol. The van der Waals surface area contributed by atoms with Gasteiger partial charge in [0.1, 0.15) is 5.82 Å². The molecule has 0 aromatic carbocycles. The number of rotatable bonds is 7. The van der Waals surface area contributed by atoms with Gasteiger partial charge in [-0.25, -0.2) is 4.98 Å². The van der Waals surface area contributed by atoms with E-state index in [2.05, 4.69) is 41.8 Å². The van der Waals surface area contributed by atoms with Crippen LogP contribution in [-0.4, -0.2) is 22.6 Å². The van der Waals surface area contributed by atoms with E-state index in [1.54, 1.807) is 0 Å². The molecule has 0 aliphatic carbocycles. The molecule has 0 amide bonds. The summed E-state index contributed by atoms with van der Waals surface area (Å²) in [6.45, 7) is 8.75. The molecule has 0 fully saturated rings. The van der Waals surface area contributed by atoms with Crippen molar-refractivity contribution < 1.29 is 0 Å². The first kappa shape index (κ1) is 12.2. The summed E-state index contributed by atoms with van der Waals surface area (Å²) in [6.07, 6.45) is 7.42. The molecule has 0 aliphatic rings. The van der Waals surface area contributed by atoms with Crippen LogP contribution in [0.25, 0.3) is 0 Å². The molecule has 3 nitrogen and oxygen atoms in total. The first-order valence-corrected chi connectivity index (χ1v) is 6.02. The fourth-order valence-corrected chi connectivity index (χ4v) is 1.75. The molecule has 0 bridgehead atoms. The van der Waals surface area contributed by atoms with Crippen LogP contribution in [-0.2, 0) is 6.42 Å². The van der Waals surface area contributed by atoms with E-state index in [1.807, 2.05) is 6.20 Å². The van der Waals surface area contributed by atoms with Crippen LogP contribution in [0.1, 0.15) is 45.5 Å². The van der Waals surface area contributed by atoms with Crippen molar-refractivity contribution in [2.45, 2.75) is 46.1 Å². The average Bonchev–Trinajstić information content (AvgIpc) is 2.67. The van der Waals surface area contributed by atoms with Crippen molar-refractivity contribution in [3.63, 3.8) is 0 Å². The highest BCUT2D eigenvalue weighted by molar-refractivity contribution is 4.95. The van der Waals surface area contributed by atoms with Gasteiger partial charge in [0.25, 0.3) is 0 Å². The molecule has 15 heavy (non-hydrogen) atoms. The Balaban J connectivity index is 2.48. The van der Waals surface area contributed by atoms with Gasteiger partial charge < -0.3 is 9.88 Å². The van der Waals surface area contributed by atoms with Gasteiger partial charge in [-0.1, -0.05) is 13.8 Å². The minimum atomic E-state index is 0.501. The summed E-state index contributed by atoms with van der Waals surface area (Å²) in [7, 11) is 0. The number of hydrogen-bond donors (Lipinski definition) is 1. The van der Waals surface area contributed by atoms with Gasteiger partial charge in [0, 0.05) is 31.4 Å². The number of aryl methyl sites for hydroxylation is 1. The molecule has 1 heterocycles. The molecule has 3 heteroatoms. The normalized spacial score (nSPS) is 13.0. The third-order valence-electron chi connectivity index (χ3n) is 2.56. The molecule has 0 spiro atoms. The molecule has 0 radical (unpaired) electrons. The first-order chi connectivity index (χ1) is 7.29. The molecular formula is C12H23N3. The van der Waals surface area contributed by atoms with Gasteiger partial charge >= 0.3 is 0 Å². The van der Waals surface area contributed by atoms with E-state index in [9.17, 15) is 0 Å². The second-order valence-corrected chi connectivity index (χ2v) is 4.05. The van der Waals surface area contributed by atoms with Crippen molar-refractivity contribution >= 4 is 0 Å². The third-order valence-corrected chi connectivity index (χ3v) is 2.56. The van der Waals surface area contributed by atoms with E-state index >= 15 is 0 Å². The molecule has 1 aromatic rings. The number of aromatic nitrogens is 2. The maximum Gasteiger partial charge on any atom is 0.108 e. The van der Waals surface area contributed by atoms with Gasteiger partial charge in [-0.3, -0.25) is 0 Å². The summed E-state index contributed by atoms with van der Waals surface area (Å²) in [5.74, 6) is 1.21. The molecular weight excluding hydrogens is 186 g/mol. The molecule has 0 saturated carbocycles. The van der Waals surface area contributed by atoms with Crippen LogP contribution >= 0.6 is 0 Å². The summed E-state index contributed by atoms with van der Waals surface area (Å²) >= 11 is 0. The Morgan fingerprint density at radius 2 is 2.20 bits per heavy atom. The largest absolute Gasteiger partial charge is 0.331 e. The lowest BCUT2D eigenvalue weighted by atomic mass is 10.2. The Morgan fingerprint density at radius 3 is 2.87 bits per heavy atom. The van der Waals surface area contributed by atoms with Crippen molar-refractivity contribution in [2.24, 2.45) is 0 Å². The fraction of sp³-hybridized carbons (Fsp3) is 0.750. The second kappa shape index (κ2) is 6.62. The van der Waals surface area contributed by atoms with E-state index in [0.717, 1.165) is 25.9 Å². The molecule has 0 aliphatic heterocycles. The Kier molecular flexibility index (Phi) is 5.40. The third kappa shape index (κ3) is 3.67. The van der Waals surface area contributed by atoms with Crippen LogP contribution in [0, 0.1) is 0 Å². The topological polar surface area (TPSA) is 29.9 Å². The van der Waals surface area contributed by atoms with Gasteiger partial charge in [0.05, 0.1) is 0 Å². The van der Waals surface area contributed by atoms with Gasteiger partial charge in [-0.2, -0.15) is 0 Å². The Morgan fingerprint density at radius 1 is 1.40 bits per heavy atom. The highest BCUT2D eigenvalue weighted by Crippen LogP contribution is 2.09. The number of nitrogens with one attached hydrogen (secondary N) is 1. The summed E-state index contributed by atoms with van der Waals surface area (Å²) in [5.41, 5.74) is 0. The summed E-state index contributed by atoms with van der Waals surface area (Å²) in [5, 5.41) is 3.44. The minimum absolute atomic E-state index is 0.501. The van der Waals surface area contributed by atoms with Crippen LogP contribution in [0.2, 0.25) is 0 Å². The zero-order chi connectivity index (χ0) is 11.1. The van der Waals surface area contributed by atoms with E-state index in [-0.39, 0.29) is 0 Å². The summed E-state index contributed by atoms with van der Waals surface area (Å²) in [6, 6.07) is 0.501. The molecule has 86 valence electrons. The van der Waals surface area contributed by atoms with Crippen molar-refractivity contribution in [1.29, 1.82) is 0 Å². The van der Waals surface area contributed by atoms with E-state index < -0.39 is 0 Å². The smallest absolute Gasteiger partial charge is 0.108 e. The maximum absolute atomic E-state index is 4.39. The van der Waals surface area contributed by atoms with Gasteiger partial charge in [0.15, 0.2) is 0 Å². The summed E-state index contributed by atoms with van der Waals surface area (Å²) < 4.78 is 2.28. The van der Waals surface area contributed by atoms with Crippen LogP contribution in [0.3, 0.4) is 0 Å². The Bertz CT molecular complexity index is 268. The highest BCUT2D eigenvalue weighted by atomic mass is 15.1. The second-order valence-electron chi connectivity index (χ2n) is 4.05. The zero-order valence-electron chi connectivity index (χ0n) is 10.2. The predicted molar refractivity (Wildman–Crippen MR) is 64.1 cm³/mol. The molecule has 1 unspecified atom stereocenters. The quantitative estimate of drug-likeness (QED) is 0.699. The lowest BCUT2D eigenvalue weighted by Gasteiger charge is -2.16.